The zero-order valence-electron chi connectivity index (χ0n) is 24.5. The molecule has 4 aromatic rings. The van der Waals surface area contributed by atoms with E-state index < -0.39 is 23.2 Å². The van der Waals surface area contributed by atoms with Gasteiger partial charge in [-0.15, -0.1) is 0 Å². The van der Waals surface area contributed by atoms with E-state index >= 15 is 0 Å². The number of fused-ring (bicyclic) bond motifs is 1. The van der Waals surface area contributed by atoms with Gasteiger partial charge in [0, 0.05) is 18.1 Å². The zero-order chi connectivity index (χ0) is 30.7. The topological polar surface area (TPSA) is 153 Å². The molecule has 1 aliphatic rings. The molecule has 2 aromatic heterocycles. The molecule has 0 aliphatic carbocycles. The second kappa shape index (κ2) is 12.1. The van der Waals surface area contributed by atoms with Crippen LogP contribution in [0.4, 0.5) is 5.82 Å². The van der Waals surface area contributed by atoms with Crippen molar-refractivity contribution >= 4 is 22.9 Å². The Morgan fingerprint density at radius 1 is 1.21 bits per heavy atom. The number of nitrogens with zero attached hydrogens (tertiary/aromatic N) is 6. The first-order valence-electron chi connectivity index (χ1n) is 13.9. The van der Waals surface area contributed by atoms with Crippen molar-refractivity contribution in [1.29, 1.82) is 5.26 Å². The average Bonchev–Trinajstić information content (AvgIpc) is 3.23. The second-order valence-corrected chi connectivity index (χ2v) is 11.1. The van der Waals surface area contributed by atoms with Gasteiger partial charge in [0.1, 0.15) is 35.0 Å². The number of nitriles is 1. The number of hydrogen-bond donors (Lipinski definition) is 2. The molecule has 1 aliphatic heterocycles. The third-order valence-electron chi connectivity index (χ3n) is 7.58. The standard InChI is InChI=1S/C31H34N8O4/c1-20(36-29(40)21(15-32)14-31(2,3)37(4)23-17-42-18-23)16-38-28-26(27(33)34-19-35-28)39(30(38)41)22-10-12-25(13-11-22)43-24-8-6-5-7-9-24/h5-14,19-20,23H,16-18H2,1-4H3,(H,36,40)(H2,33,34,35)/b21-14+/t20-/m0/s1. The maximum absolute atomic E-state index is 13.8. The monoisotopic (exact) mass is 582 g/mol. The van der Waals surface area contributed by atoms with Crippen LogP contribution in [-0.2, 0) is 16.1 Å². The number of nitrogens with one attached hydrogen (secondary N) is 1. The molecule has 222 valence electrons. The molecule has 0 bridgehead atoms. The number of imidazole rings is 1. The number of carbonyl (C=O) groups excluding carboxylic acids is 1. The summed E-state index contributed by atoms with van der Waals surface area (Å²) in [6.07, 6.45) is 2.95. The van der Waals surface area contributed by atoms with Gasteiger partial charge in [-0.1, -0.05) is 18.2 Å². The first-order valence-corrected chi connectivity index (χ1v) is 13.9. The molecular formula is C31H34N8O4. The quantitative estimate of drug-likeness (QED) is 0.212. The Morgan fingerprint density at radius 3 is 2.51 bits per heavy atom. The molecule has 0 unspecified atom stereocenters. The molecule has 12 nitrogen and oxygen atoms in total. The number of benzene rings is 2. The van der Waals surface area contributed by atoms with Crippen LogP contribution in [0.2, 0.25) is 0 Å². The van der Waals surface area contributed by atoms with Crippen LogP contribution in [0, 0.1) is 11.3 Å². The van der Waals surface area contributed by atoms with Crippen molar-refractivity contribution in [2.75, 3.05) is 26.0 Å². The predicted molar refractivity (Wildman–Crippen MR) is 162 cm³/mol. The molecule has 1 saturated heterocycles. The Balaban J connectivity index is 1.38. The molecule has 0 radical (unpaired) electrons. The van der Waals surface area contributed by atoms with E-state index in [1.54, 1.807) is 37.3 Å². The second-order valence-electron chi connectivity index (χ2n) is 11.1. The SMILES string of the molecule is C[C@@H](Cn1c(=O)n(-c2ccc(Oc3ccccc3)cc2)c2c(N)ncnc21)NC(=O)/C(C#N)=C/C(C)(C)N(C)C1COC1. The van der Waals surface area contributed by atoms with Crippen LogP contribution < -0.4 is 21.5 Å². The Morgan fingerprint density at radius 2 is 1.88 bits per heavy atom. The average molecular weight is 583 g/mol. The molecular weight excluding hydrogens is 548 g/mol. The van der Waals surface area contributed by atoms with E-state index in [4.69, 9.17) is 15.2 Å². The molecule has 2 aromatic carbocycles. The van der Waals surface area contributed by atoms with Crippen molar-refractivity contribution in [3.8, 4) is 23.3 Å². The number of likely N-dealkylation sites (N-methyl/N-ethyl adjacent to an activating group) is 1. The summed E-state index contributed by atoms with van der Waals surface area (Å²) in [5, 5.41) is 12.6. The third-order valence-corrected chi connectivity index (χ3v) is 7.58. The number of anilines is 1. The van der Waals surface area contributed by atoms with Crippen molar-refractivity contribution < 1.29 is 14.3 Å². The predicted octanol–water partition coefficient (Wildman–Crippen LogP) is 3.02. The third kappa shape index (κ3) is 6.13. The number of rotatable bonds is 10. The van der Waals surface area contributed by atoms with Crippen molar-refractivity contribution in [2.45, 2.75) is 44.9 Å². The lowest BCUT2D eigenvalue weighted by molar-refractivity contribution is -0.117. The Hall–Kier alpha value is -4.99. The van der Waals surface area contributed by atoms with E-state index in [-0.39, 0.29) is 24.0 Å². The fourth-order valence-electron chi connectivity index (χ4n) is 4.94. The van der Waals surface area contributed by atoms with Crippen molar-refractivity contribution in [3.63, 3.8) is 0 Å². The van der Waals surface area contributed by atoms with Crippen LogP contribution >= 0.6 is 0 Å². The number of para-hydroxylation sites is 1. The summed E-state index contributed by atoms with van der Waals surface area (Å²) in [6.45, 7) is 6.95. The normalized spacial score (nSPS) is 14.7. The smallest absolute Gasteiger partial charge is 0.335 e. The largest absolute Gasteiger partial charge is 0.457 e. The summed E-state index contributed by atoms with van der Waals surface area (Å²) in [4.78, 5) is 37.4. The maximum atomic E-state index is 13.8. The highest BCUT2D eigenvalue weighted by molar-refractivity contribution is 5.97. The molecule has 1 atom stereocenters. The molecule has 1 amide bonds. The van der Waals surface area contributed by atoms with Gasteiger partial charge >= 0.3 is 5.69 Å². The minimum Gasteiger partial charge on any atom is -0.457 e. The Kier molecular flexibility index (Phi) is 8.29. The summed E-state index contributed by atoms with van der Waals surface area (Å²) in [7, 11) is 1.94. The highest BCUT2D eigenvalue weighted by atomic mass is 16.5. The van der Waals surface area contributed by atoms with Gasteiger partial charge in [-0.2, -0.15) is 5.26 Å². The highest BCUT2D eigenvalue weighted by Crippen LogP contribution is 2.26. The van der Waals surface area contributed by atoms with Gasteiger partial charge < -0.3 is 20.5 Å². The summed E-state index contributed by atoms with van der Waals surface area (Å²) in [5.74, 6) is 0.904. The molecule has 0 saturated carbocycles. The molecule has 43 heavy (non-hydrogen) atoms. The first kappa shape index (κ1) is 29.5. The van der Waals surface area contributed by atoms with Gasteiger partial charge in [0.2, 0.25) is 0 Å². The van der Waals surface area contributed by atoms with Gasteiger partial charge in [-0.05, 0) is 70.3 Å². The van der Waals surface area contributed by atoms with Crippen LogP contribution in [0.15, 0.2) is 77.4 Å². The number of nitrogen functional groups attached to an aromatic ring is 1. The summed E-state index contributed by atoms with van der Waals surface area (Å²) in [6, 6.07) is 18.1. The van der Waals surface area contributed by atoms with E-state index in [9.17, 15) is 14.9 Å². The summed E-state index contributed by atoms with van der Waals surface area (Å²) < 4.78 is 14.0. The van der Waals surface area contributed by atoms with Crippen LogP contribution in [0.5, 0.6) is 11.5 Å². The first-order chi connectivity index (χ1) is 20.6. The summed E-state index contributed by atoms with van der Waals surface area (Å²) >= 11 is 0. The van der Waals surface area contributed by atoms with Gasteiger partial charge in [-0.25, -0.2) is 14.8 Å². The van der Waals surface area contributed by atoms with Crippen LogP contribution in [0.3, 0.4) is 0 Å². The summed E-state index contributed by atoms with van der Waals surface area (Å²) in [5.41, 5.74) is 6.48. The minimum atomic E-state index is -0.555. The number of carbonyl (C=O) groups is 1. The minimum absolute atomic E-state index is 0.0110. The Labute approximate surface area is 249 Å². The fourth-order valence-corrected chi connectivity index (χ4v) is 4.94. The van der Waals surface area contributed by atoms with E-state index in [2.05, 4.69) is 20.2 Å². The lowest BCUT2D eigenvalue weighted by Crippen LogP contribution is -2.55. The van der Waals surface area contributed by atoms with E-state index in [1.165, 1.54) is 15.5 Å². The zero-order valence-corrected chi connectivity index (χ0v) is 24.5. The number of amides is 1. The number of hydrogen-bond acceptors (Lipinski definition) is 9. The van der Waals surface area contributed by atoms with Gasteiger partial charge in [-0.3, -0.25) is 18.8 Å². The van der Waals surface area contributed by atoms with Crippen molar-refractivity contribution in [2.24, 2.45) is 0 Å². The number of ether oxygens (including phenoxy) is 2. The van der Waals surface area contributed by atoms with Crippen LogP contribution in [0.25, 0.3) is 16.9 Å². The maximum Gasteiger partial charge on any atom is 0.335 e. The lowest BCUT2D eigenvalue weighted by atomic mass is 9.96. The number of nitrogens with two attached hydrogens (primary N) is 1. The van der Waals surface area contributed by atoms with Crippen LogP contribution in [-0.4, -0.2) is 67.8 Å². The highest BCUT2D eigenvalue weighted by Gasteiger charge is 2.33. The van der Waals surface area contributed by atoms with Gasteiger partial charge in [0.05, 0.1) is 24.9 Å². The molecule has 5 rings (SSSR count). The Bertz CT molecular complexity index is 1750. The van der Waals surface area contributed by atoms with E-state index in [0.29, 0.717) is 41.6 Å². The molecule has 0 spiro atoms. The molecule has 3 heterocycles. The molecule has 1 fully saturated rings. The number of aromatic nitrogens is 4. The van der Waals surface area contributed by atoms with E-state index in [0.717, 1.165) is 0 Å². The van der Waals surface area contributed by atoms with Gasteiger partial charge in [0.25, 0.3) is 5.91 Å². The fraction of sp³-hybridized carbons (Fsp3) is 0.323. The van der Waals surface area contributed by atoms with E-state index in [1.807, 2.05) is 57.3 Å². The van der Waals surface area contributed by atoms with Gasteiger partial charge in [0.15, 0.2) is 11.5 Å². The molecule has 3 N–H and O–H groups in total. The molecule has 12 heteroatoms. The van der Waals surface area contributed by atoms with Crippen LogP contribution in [0.1, 0.15) is 20.8 Å². The van der Waals surface area contributed by atoms with Crippen molar-refractivity contribution in [1.82, 2.24) is 29.3 Å². The van der Waals surface area contributed by atoms with Crippen molar-refractivity contribution in [3.05, 3.63) is 83.1 Å². The lowest BCUT2D eigenvalue weighted by Gasteiger charge is -2.43.